The van der Waals surface area contributed by atoms with E-state index in [-0.39, 0.29) is 42.9 Å². The summed E-state index contributed by atoms with van der Waals surface area (Å²) in [7, 11) is 0. The molecular formula is C29H31F3N4O3. The summed E-state index contributed by atoms with van der Waals surface area (Å²) in [5.74, 6) is 0.267. The van der Waals surface area contributed by atoms with Crippen molar-refractivity contribution in [1.29, 1.82) is 0 Å². The van der Waals surface area contributed by atoms with Gasteiger partial charge in [0.25, 0.3) is 0 Å². The average molecular weight is 541 g/mol. The number of Topliss-reactive ketones (excluding diaryl/α,β-unsaturated/α-hetero) is 1. The zero-order chi connectivity index (χ0) is 28.2. The summed E-state index contributed by atoms with van der Waals surface area (Å²) in [5, 5.41) is 5.72. The zero-order valence-corrected chi connectivity index (χ0v) is 22.1. The van der Waals surface area contributed by atoms with Crippen LogP contribution in [0.5, 0.6) is 0 Å². The number of ether oxygens (including phenoxy) is 1. The molecule has 1 aliphatic heterocycles. The summed E-state index contributed by atoms with van der Waals surface area (Å²) in [6.45, 7) is 6.24. The van der Waals surface area contributed by atoms with Gasteiger partial charge in [-0.15, -0.1) is 0 Å². The molecule has 39 heavy (non-hydrogen) atoms. The molecule has 206 valence electrons. The van der Waals surface area contributed by atoms with Gasteiger partial charge in [0.15, 0.2) is 5.78 Å². The molecule has 1 saturated heterocycles. The van der Waals surface area contributed by atoms with Gasteiger partial charge in [-0.1, -0.05) is 37.6 Å². The van der Waals surface area contributed by atoms with E-state index in [0.29, 0.717) is 35.7 Å². The molecule has 3 aromatic rings. The number of halogens is 3. The average Bonchev–Trinajstić information content (AvgIpc) is 3.38. The first-order valence-electron chi connectivity index (χ1n) is 12.7. The number of alkyl halides is 3. The largest absolute Gasteiger partial charge is 0.418 e. The van der Waals surface area contributed by atoms with Crippen LogP contribution in [0.4, 0.5) is 24.5 Å². The van der Waals surface area contributed by atoms with Crippen LogP contribution in [0.3, 0.4) is 0 Å². The van der Waals surface area contributed by atoms with Crippen LogP contribution >= 0.6 is 0 Å². The number of aryl methyl sites for hydroxylation is 1. The van der Waals surface area contributed by atoms with Gasteiger partial charge in [-0.05, 0) is 43.2 Å². The van der Waals surface area contributed by atoms with Crippen molar-refractivity contribution in [2.45, 2.75) is 52.3 Å². The third kappa shape index (κ3) is 6.81. The molecule has 1 atom stereocenters. The fourth-order valence-corrected chi connectivity index (χ4v) is 4.43. The molecule has 10 heteroatoms. The van der Waals surface area contributed by atoms with Gasteiger partial charge in [-0.3, -0.25) is 9.59 Å². The van der Waals surface area contributed by atoms with Gasteiger partial charge in [-0.2, -0.15) is 13.2 Å². The number of amides is 1. The molecule has 7 nitrogen and oxygen atoms in total. The first-order chi connectivity index (χ1) is 18.5. The highest BCUT2D eigenvalue weighted by Crippen LogP contribution is 2.37. The highest BCUT2D eigenvalue weighted by Gasteiger charge is 2.44. The molecule has 0 unspecified atom stereocenters. The maximum absolute atomic E-state index is 13.4. The van der Waals surface area contributed by atoms with Crippen LogP contribution in [-0.4, -0.2) is 34.9 Å². The van der Waals surface area contributed by atoms with E-state index < -0.39 is 17.2 Å². The molecule has 1 aromatic heterocycles. The topological polar surface area (TPSA) is 93.2 Å². The van der Waals surface area contributed by atoms with E-state index in [1.54, 1.807) is 37.3 Å². The summed E-state index contributed by atoms with van der Waals surface area (Å²) in [6.07, 6.45) is -1.10. The number of anilines is 2. The van der Waals surface area contributed by atoms with E-state index in [2.05, 4.69) is 20.6 Å². The maximum Gasteiger partial charge on any atom is 0.418 e. The van der Waals surface area contributed by atoms with Crippen molar-refractivity contribution >= 4 is 23.1 Å². The molecular weight excluding hydrogens is 509 g/mol. The lowest BCUT2D eigenvalue weighted by atomic mass is 9.80. The Labute approximate surface area is 225 Å². The Balaban J connectivity index is 1.39. The number of carbonyl (C=O) groups is 2. The molecule has 0 bridgehead atoms. The lowest BCUT2D eigenvalue weighted by molar-refractivity contribution is -0.137. The molecule has 0 spiro atoms. The first-order valence-corrected chi connectivity index (χ1v) is 12.7. The van der Waals surface area contributed by atoms with Gasteiger partial charge in [0.1, 0.15) is 5.82 Å². The van der Waals surface area contributed by atoms with Crippen LogP contribution in [0.15, 0.2) is 54.9 Å². The molecule has 1 aliphatic rings. The van der Waals surface area contributed by atoms with Crippen molar-refractivity contribution in [1.82, 2.24) is 15.3 Å². The molecule has 2 N–H and O–H groups in total. The second-order valence-electron chi connectivity index (χ2n) is 10.2. The van der Waals surface area contributed by atoms with Crippen LogP contribution in [0.2, 0.25) is 0 Å². The maximum atomic E-state index is 13.4. The van der Waals surface area contributed by atoms with Gasteiger partial charge in [0.05, 0.1) is 28.8 Å². The minimum absolute atomic E-state index is 0.0236. The Bertz CT molecular complexity index is 1320. The number of carbonyl (C=O) groups excluding carboxylic acids is 2. The lowest BCUT2D eigenvalue weighted by Crippen LogP contribution is -2.42. The number of ketones is 1. The Hall–Kier alpha value is -3.79. The minimum atomic E-state index is -4.48. The molecule has 1 fully saturated rings. The van der Waals surface area contributed by atoms with E-state index >= 15 is 0 Å². The van der Waals surface area contributed by atoms with Crippen molar-refractivity contribution in [3.8, 4) is 0 Å². The Morgan fingerprint density at radius 3 is 2.36 bits per heavy atom. The van der Waals surface area contributed by atoms with Crippen molar-refractivity contribution < 1.29 is 27.5 Å². The van der Waals surface area contributed by atoms with Crippen molar-refractivity contribution in [2.75, 3.05) is 18.5 Å². The number of rotatable bonds is 9. The normalized spacial score (nSPS) is 17.3. The van der Waals surface area contributed by atoms with Crippen molar-refractivity contribution in [3.63, 3.8) is 0 Å². The molecule has 2 heterocycles. The van der Waals surface area contributed by atoms with Gasteiger partial charge < -0.3 is 15.4 Å². The second kappa shape index (κ2) is 11.5. The lowest BCUT2D eigenvalue weighted by Gasteiger charge is -2.25. The summed E-state index contributed by atoms with van der Waals surface area (Å²) < 4.78 is 45.8. The zero-order valence-electron chi connectivity index (χ0n) is 22.1. The second-order valence-corrected chi connectivity index (χ2v) is 10.2. The minimum Gasteiger partial charge on any atom is -0.380 e. The quantitative estimate of drug-likeness (QED) is 0.325. The highest BCUT2D eigenvalue weighted by molar-refractivity contribution is 5.99. The van der Waals surface area contributed by atoms with E-state index in [0.717, 1.165) is 11.6 Å². The molecule has 1 amide bonds. The third-order valence-corrected chi connectivity index (χ3v) is 6.76. The van der Waals surface area contributed by atoms with Crippen LogP contribution in [-0.2, 0) is 22.3 Å². The number of nitrogens with one attached hydrogen (secondary N) is 2. The molecule has 4 rings (SSSR count). The Morgan fingerprint density at radius 1 is 1.08 bits per heavy atom. The predicted molar refractivity (Wildman–Crippen MR) is 141 cm³/mol. The van der Waals surface area contributed by atoms with Gasteiger partial charge in [0, 0.05) is 43.6 Å². The molecule has 2 aromatic carbocycles. The van der Waals surface area contributed by atoms with E-state index in [1.807, 2.05) is 13.8 Å². The summed E-state index contributed by atoms with van der Waals surface area (Å²) in [5.41, 5.74) is 0.344. The number of aromatic nitrogens is 2. The van der Waals surface area contributed by atoms with Gasteiger partial charge >= 0.3 is 6.18 Å². The molecule has 0 aliphatic carbocycles. The van der Waals surface area contributed by atoms with E-state index in [1.165, 1.54) is 18.5 Å². The van der Waals surface area contributed by atoms with Crippen molar-refractivity contribution in [2.24, 2.45) is 5.41 Å². The van der Waals surface area contributed by atoms with E-state index in [4.69, 9.17) is 4.74 Å². The SMILES string of the molecule is Cc1ccc(Nc2ccc(CNC(=O)[C@]3(CC(=O)c4cnc(C(C)C)nc4)CCOC3)cc2)c(C(F)(F)F)c1. The molecule has 0 radical (unpaired) electrons. The van der Waals surface area contributed by atoms with Crippen LogP contribution in [0, 0.1) is 12.3 Å². The standard InChI is InChI=1S/C29H31F3N4O3/c1-18(2)26-33-15-21(16-34-26)25(37)13-28(10-11-39-17-28)27(38)35-14-20-5-7-22(8-6-20)36-24-9-4-19(3)12-23(24)29(30,31)32/h4-9,12,15-16,18,36H,10-11,13-14,17H2,1-3H3,(H,35,38)/t28-/m0/s1. The third-order valence-electron chi connectivity index (χ3n) is 6.76. The van der Waals surface area contributed by atoms with Crippen molar-refractivity contribution in [3.05, 3.63) is 82.9 Å². The highest BCUT2D eigenvalue weighted by atomic mass is 19.4. The fraction of sp³-hybridized carbons (Fsp3) is 0.379. The predicted octanol–water partition coefficient (Wildman–Crippen LogP) is 5.97. The smallest absolute Gasteiger partial charge is 0.380 e. The Kier molecular flexibility index (Phi) is 8.34. The number of hydrogen-bond acceptors (Lipinski definition) is 6. The monoisotopic (exact) mass is 540 g/mol. The van der Waals surface area contributed by atoms with Crippen LogP contribution < -0.4 is 10.6 Å². The van der Waals surface area contributed by atoms with Crippen LogP contribution in [0.1, 0.15) is 65.5 Å². The summed E-state index contributed by atoms with van der Waals surface area (Å²) >= 11 is 0. The summed E-state index contributed by atoms with van der Waals surface area (Å²) in [4.78, 5) is 34.7. The van der Waals surface area contributed by atoms with Gasteiger partial charge in [-0.25, -0.2) is 9.97 Å². The molecule has 0 saturated carbocycles. The number of hydrogen-bond donors (Lipinski definition) is 2. The van der Waals surface area contributed by atoms with Gasteiger partial charge in [0.2, 0.25) is 5.91 Å². The first kappa shape index (κ1) is 28.2. The van der Waals surface area contributed by atoms with Crippen LogP contribution in [0.25, 0.3) is 0 Å². The fourth-order valence-electron chi connectivity index (χ4n) is 4.43. The number of nitrogens with zero attached hydrogens (tertiary/aromatic N) is 2. The Morgan fingerprint density at radius 2 is 1.77 bits per heavy atom. The number of benzene rings is 2. The van der Waals surface area contributed by atoms with E-state index in [9.17, 15) is 22.8 Å². The summed E-state index contributed by atoms with van der Waals surface area (Å²) in [6, 6.07) is 10.9.